The zero-order valence-electron chi connectivity index (χ0n) is 15.8. The van der Waals surface area contributed by atoms with E-state index in [9.17, 15) is 9.90 Å². The summed E-state index contributed by atoms with van der Waals surface area (Å²) < 4.78 is 26.5. The predicted octanol–water partition coefficient (Wildman–Crippen LogP) is 2.12. The largest absolute Gasteiger partial charge is 0.493 e. The molecule has 7 nitrogen and oxygen atoms in total. The normalized spacial score (nSPS) is 22.8. The lowest BCUT2D eigenvalue weighted by Gasteiger charge is -2.26. The molecule has 0 saturated carbocycles. The summed E-state index contributed by atoms with van der Waals surface area (Å²) in [6.45, 7) is 0.365. The molecule has 148 valence electrons. The van der Waals surface area contributed by atoms with Crippen molar-refractivity contribution in [3.63, 3.8) is 0 Å². The second-order valence-electron chi connectivity index (χ2n) is 6.98. The Balaban J connectivity index is 1.56. The number of hydrogen-bond donors (Lipinski definition) is 1. The summed E-state index contributed by atoms with van der Waals surface area (Å²) in [6.07, 6.45) is 0.605. The summed E-state index contributed by atoms with van der Waals surface area (Å²) in [5, 5.41) is 11.2. The van der Waals surface area contributed by atoms with Crippen LogP contribution in [0.15, 0.2) is 36.4 Å². The van der Waals surface area contributed by atoms with E-state index in [1.54, 1.807) is 26.4 Å². The Kier molecular flexibility index (Phi) is 4.77. The third-order valence-electron chi connectivity index (χ3n) is 5.29. The molecule has 1 fully saturated rings. The van der Waals surface area contributed by atoms with Crippen LogP contribution in [0.2, 0.25) is 0 Å². The van der Waals surface area contributed by atoms with Crippen molar-refractivity contribution >= 4 is 5.97 Å². The van der Waals surface area contributed by atoms with Crippen LogP contribution in [0.5, 0.6) is 23.0 Å². The summed E-state index contributed by atoms with van der Waals surface area (Å²) >= 11 is 0. The Morgan fingerprint density at radius 1 is 1.00 bits per heavy atom. The predicted molar refractivity (Wildman–Crippen MR) is 98.9 cm³/mol. The fraction of sp³-hybridized carbons (Fsp3) is 0.381. The van der Waals surface area contributed by atoms with Crippen LogP contribution in [0.4, 0.5) is 0 Å². The zero-order valence-corrected chi connectivity index (χ0v) is 15.8. The van der Waals surface area contributed by atoms with Gasteiger partial charge in [0.2, 0.25) is 6.79 Å². The molecule has 28 heavy (non-hydrogen) atoms. The Bertz CT molecular complexity index is 894. The van der Waals surface area contributed by atoms with Gasteiger partial charge >= 0.3 is 5.97 Å². The number of methoxy groups -OCH3 is 2. The molecule has 2 aliphatic rings. The minimum atomic E-state index is -1.62. The number of aliphatic hydroxyl groups is 1. The summed E-state index contributed by atoms with van der Waals surface area (Å²) in [7, 11) is 3.10. The lowest BCUT2D eigenvalue weighted by atomic mass is 9.81. The van der Waals surface area contributed by atoms with Crippen molar-refractivity contribution < 1.29 is 33.6 Å². The fourth-order valence-electron chi connectivity index (χ4n) is 3.70. The van der Waals surface area contributed by atoms with Gasteiger partial charge in [-0.2, -0.15) is 0 Å². The van der Waals surface area contributed by atoms with Crippen LogP contribution in [-0.2, 0) is 22.4 Å². The molecule has 2 heterocycles. The molecule has 0 amide bonds. The smallest absolute Gasteiger partial charge is 0.338 e. The van der Waals surface area contributed by atoms with E-state index >= 15 is 0 Å². The number of carbonyl (C=O) groups is 1. The molecule has 2 aromatic rings. The van der Waals surface area contributed by atoms with Crippen LogP contribution in [0.25, 0.3) is 0 Å². The highest BCUT2D eigenvalue weighted by Crippen LogP contribution is 2.38. The van der Waals surface area contributed by atoms with Gasteiger partial charge in [0.15, 0.2) is 28.6 Å². The Morgan fingerprint density at radius 2 is 1.75 bits per heavy atom. The van der Waals surface area contributed by atoms with Gasteiger partial charge < -0.3 is 28.8 Å². The van der Waals surface area contributed by atoms with Crippen LogP contribution < -0.4 is 18.9 Å². The molecule has 2 aromatic carbocycles. The first kappa shape index (κ1) is 18.4. The first-order valence-corrected chi connectivity index (χ1v) is 9.02. The van der Waals surface area contributed by atoms with Crippen molar-refractivity contribution in [1.82, 2.24) is 0 Å². The van der Waals surface area contributed by atoms with Crippen molar-refractivity contribution in [2.24, 2.45) is 5.92 Å². The number of hydrogen-bond acceptors (Lipinski definition) is 7. The van der Waals surface area contributed by atoms with E-state index < -0.39 is 11.6 Å². The number of esters is 1. The van der Waals surface area contributed by atoms with Crippen molar-refractivity contribution in [2.45, 2.75) is 18.4 Å². The molecule has 4 rings (SSSR count). The van der Waals surface area contributed by atoms with Gasteiger partial charge in [-0.25, -0.2) is 4.79 Å². The van der Waals surface area contributed by atoms with E-state index in [1.807, 2.05) is 24.3 Å². The lowest BCUT2D eigenvalue weighted by molar-refractivity contribution is -0.154. The van der Waals surface area contributed by atoms with E-state index in [0.717, 1.165) is 11.1 Å². The van der Waals surface area contributed by atoms with E-state index in [2.05, 4.69) is 0 Å². The third kappa shape index (κ3) is 3.22. The van der Waals surface area contributed by atoms with Crippen LogP contribution in [0.3, 0.4) is 0 Å². The standard InChI is InChI=1S/C21H22O7/c1-24-16-5-4-14(9-18(16)25-2)10-21(23)15(11-26-20(21)22)7-13-3-6-17-19(8-13)28-12-27-17/h3-6,8-9,15,23H,7,10-12H2,1-2H3/t15-,21+/m1/s1. The molecule has 1 N–H and O–H groups in total. The van der Waals surface area contributed by atoms with Crippen LogP contribution in [-0.4, -0.2) is 44.3 Å². The van der Waals surface area contributed by atoms with Gasteiger partial charge in [-0.1, -0.05) is 12.1 Å². The van der Waals surface area contributed by atoms with E-state index in [4.69, 9.17) is 23.7 Å². The van der Waals surface area contributed by atoms with Crippen molar-refractivity contribution in [2.75, 3.05) is 27.6 Å². The van der Waals surface area contributed by atoms with Crippen molar-refractivity contribution in [3.8, 4) is 23.0 Å². The maximum atomic E-state index is 12.4. The minimum absolute atomic E-state index is 0.126. The second-order valence-corrected chi connectivity index (χ2v) is 6.98. The minimum Gasteiger partial charge on any atom is -0.493 e. The van der Waals surface area contributed by atoms with Gasteiger partial charge in [-0.15, -0.1) is 0 Å². The van der Waals surface area contributed by atoms with E-state index in [1.165, 1.54) is 0 Å². The van der Waals surface area contributed by atoms with Crippen LogP contribution >= 0.6 is 0 Å². The Morgan fingerprint density at radius 3 is 2.54 bits per heavy atom. The lowest BCUT2D eigenvalue weighted by Crippen LogP contribution is -2.44. The molecule has 0 bridgehead atoms. The summed E-state index contributed by atoms with van der Waals surface area (Å²) in [5.41, 5.74) is 0.0867. The maximum Gasteiger partial charge on any atom is 0.338 e. The average molecular weight is 386 g/mol. The third-order valence-corrected chi connectivity index (χ3v) is 5.29. The van der Waals surface area contributed by atoms with Gasteiger partial charge in [0.1, 0.15) is 0 Å². The van der Waals surface area contributed by atoms with Crippen LogP contribution in [0, 0.1) is 5.92 Å². The molecule has 0 aromatic heterocycles. The molecule has 2 aliphatic heterocycles. The highest BCUT2D eigenvalue weighted by Gasteiger charge is 2.51. The van der Waals surface area contributed by atoms with Crippen molar-refractivity contribution in [1.29, 1.82) is 0 Å². The van der Waals surface area contributed by atoms with E-state index in [0.29, 0.717) is 29.4 Å². The van der Waals surface area contributed by atoms with Gasteiger partial charge in [-0.3, -0.25) is 0 Å². The molecular weight excluding hydrogens is 364 g/mol. The summed E-state index contributed by atoms with van der Waals surface area (Å²) in [4.78, 5) is 12.4. The van der Waals surface area contributed by atoms with E-state index in [-0.39, 0.29) is 25.7 Å². The fourth-order valence-corrected chi connectivity index (χ4v) is 3.70. The first-order valence-electron chi connectivity index (χ1n) is 9.02. The van der Waals surface area contributed by atoms with Crippen molar-refractivity contribution in [3.05, 3.63) is 47.5 Å². The topological polar surface area (TPSA) is 83.5 Å². The quantitative estimate of drug-likeness (QED) is 0.762. The number of benzene rings is 2. The van der Waals surface area contributed by atoms with Gasteiger partial charge in [0, 0.05) is 12.3 Å². The van der Waals surface area contributed by atoms with Gasteiger partial charge in [0.25, 0.3) is 0 Å². The first-order chi connectivity index (χ1) is 13.5. The average Bonchev–Trinajstić information content (AvgIpc) is 3.27. The molecule has 7 heteroatoms. The SMILES string of the molecule is COc1ccc(C[C@@]2(O)C(=O)OC[C@H]2Cc2ccc3c(c2)OCO3)cc1OC. The summed E-state index contributed by atoms with van der Waals surface area (Å²) in [5.74, 6) is 1.52. The highest BCUT2D eigenvalue weighted by atomic mass is 16.7. The maximum absolute atomic E-state index is 12.4. The molecule has 1 saturated heterocycles. The molecule has 0 unspecified atom stereocenters. The molecular formula is C21H22O7. The number of carbonyl (C=O) groups excluding carboxylic acids is 1. The second kappa shape index (κ2) is 7.24. The summed E-state index contributed by atoms with van der Waals surface area (Å²) in [6, 6.07) is 10.9. The monoisotopic (exact) mass is 386 g/mol. The van der Waals surface area contributed by atoms with Crippen LogP contribution in [0.1, 0.15) is 11.1 Å². The number of fused-ring (bicyclic) bond motifs is 1. The van der Waals surface area contributed by atoms with Gasteiger partial charge in [-0.05, 0) is 41.8 Å². The molecule has 0 spiro atoms. The number of rotatable bonds is 6. The molecule has 0 aliphatic carbocycles. The Hall–Kier alpha value is -2.93. The molecule has 0 radical (unpaired) electrons. The number of cyclic esters (lactones) is 1. The molecule has 2 atom stereocenters. The zero-order chi connectivity index (χ0) is 19.7. The van der Waals surface area contributed by atoms with Gasteiger partial charge in [0.05, 0.1) is 20.8 Å². The Labute approximate surface area is 162 Å². The number of ether oxygens (including phenoxy) is 5. The highest BCUT2D eigenvalue weighted by molar-refractivity contribution is 5.82.